The summed E-state index contributed by atoms with van der Waals surface area (Å²) in [5.41, 5.74) is 4.24. The van der Waals surface area contributed by atoms with Gasteiger partial charge in [-0.1, -0.05) is 53.5 Å². The number of hydrogen-bond donors (Lipinski definition) is 2. The second kappa shape index (κ2) is 5.46. The van der Waals surface area contributed by atoms with Crippen molar-refractivity contribution in [1.29, 1.82) is 0 Å². The Balaban J connectivity index is 2.12. The molecule has 1 heterocycles. The van der Waals surface area contributed by atoms with E-state index in [1.807, 2.05) is 42.5 Å². The van der Waals surface area contributed by atoms with Gasteiger partial charge in [-0.05, 0) is 23.8 Å². The molecule has 1 unspecified atom stereocenters. The quantitative estimate of drug-likeness (QED) is 0.560. The van der Waals surface area contributed by atoms with Gasteiger partial charge >= 0.3 is 0 Å². The summed E-state index contributed by atoms with van der Waals surface area (Å²) in [4.78, 5) is 0. The van der Waals surface area contributed by atoms with Crippen LogP contribution in [0, 0.1) is 0 Å². The second-order valence-corrected chi connectivity index (χ2v) is 5.24. The molecule has 3 rings (SSSR count). The lowest BCUT2D eigenvalue weighted by Crippen LogP contribution is -2.28. The Kier molecular flexibility index (Phi) is 3.68. The summed E-state index contributed by atoms with van der Waals surface area (Å²) in [5, 5.41) is 2.13. The third-order valence-corrected chi connectivity index (χ3v) is 3.82. The fourth-order valence-corrected chi connectivity index (χ4v) is 2.69. The van der Waals surface area contributed by atoms with Gasteiger partial charge in [-0.15, -0.1) is 0 Å². The molecular weight excluding hydrogens is 295 g/mol. The SMILES string of the molecule is NNC(c1cc2cccc(Cl)c2o1)c1ccccc1Cl. The molecule has 0 bridgehead atoms. The lowest BCUT2D eigenvalue weighted by Gasteiger charge is -2.15. The number of nitrogens with two attached hydrogens (primary N) is 1. The van der Waals surface area contributed by atoms with E-state index in [2.05, 4.69) is 5.43 Å². The zero-order valence-corrected chi connectivity index (χ0v) is 11.9. The Morgan fingerprint density at radius 3 is 2.45 bits per heavy atom. The van der Waals surface area contributed by atoms with E-state index in [1.165, 1.54) is 0 Å². The molecular formula is C15H12Cl2N2O. The summed E-state index contributed by atoms with van der Waals surface area (Å²) in [7, 11) is 0. The van der Waals surface area contributed by atoms with E-state index in [4.69, 9.17) is 33.5 Å². The Morgan fingerprint density at radius 2 is 1.75 bits per heavy atom. The highest BCUT2D eigenvalue weighted by Crippen LogP contribution is 2.33. The number of hydrazine groups is 1. The van der Waals surface area contributed by atoms with E-state index in [0.717, 1.165) is 10.9 Å². The van der Waals surface area contributed by atoms with E-state index in [9.17, 15) is 0 Å². The summed E-state index contributed by atoms with van der Waals surface area (Å²) in [6.45, 7) is 0. The largest absolute Gasteiger partial charge is 0.457 e. The molecule has 0 aliphatic carbocycles. The highest BCUT2D eigenvalue weighted by Gasteiger charge is 2.20. The molecule has 0 aliphatic rings. The molecule has 0 saturated carbocycles. The molecule has 0 spiro atoms. The summed E-state index contributed by atoms with van der Waals surface area (Å²) >= 11 is 12.3. The van der Waals surface area contributed by atoms with Crippen molar-refractivity contribution in [2.45, 2.75) is 6.04 Å². The number of furan rings is 1. The summed E-state index contributed by atoms with van der Waals surface area (Å²) < 4.78 is 5.83. The van der Waals surface area contributed by atoms with E-state index < -0.39 is 0 Å². The molecule has 3 nitrogen and oxygen atoms in total. The second-order valence-electron chi connectivity index (χ2n) is 4.43. The first-order valence-electron chi connectivity index (χ1n) is 6.09. The standard InChI is InChI=1S/C15H12Cl2N2O/c16-11-6-2-1-5-10(11)14(19-18)13-8-9-4-3-7-12(17)15(9)20-13/h1-8,14,19H,18H2. The van der Waals surface area contributed by atoms with Crippen molar-refractivity contribution in [2.75, 3.05) is 0 Å². The Morgan fingerprint density at radius 1 is 1.00 bits per heavy atom. The number of nitrogens with one attached hydrogen (secondary N) is 1. The molecule has 1 aromatic heterocycles. The molecule has 3 aromatic rings. The van der Waals surface area contributed by atoms with Gasteiger partial charge in [0.05, 0.1) is 5.02 Å². The van der Waals surface area contributed by atoms with Gasteiger partial charge in [-0.3, -0.25) is 5.84 Å². The van der Waals surface area contributed by atoms with Crippen LogP contribution in [0.1, 0.15) is 17.4 Å². The van der Waals surface area contributed by atoms with Gasteiger partial charge in [0.25, 0.3) is 0 Å². The van der Waals surface area contributed by atoms with Crippen LogP contribution in [0.25, 0.3) is 11.0 Å². The van der Waals surface area contributed by atoms with Crippen LogP contribution < -0.4 is 11.3 Å². The molecule has 102 valence electrons. The summed E-state index contributed by atoms with van der Waals surface area (Å²) in [6, 6.07) is 14.7. The van der Waals surface area contributed by atoms with Gasteiger partial charge in [0.1, 0.15) is 11.8 Å². The van der Waals surface area contributed by atoms with Crippen molar-refractivity contribution >= 4 is 34.2 Å². The Bertz CT molecular complexity index is 754. The molecule has 0 radical (unpaired) electrons. The van der Waals surface area contributed by atoms with Crippen molar-refractivity contribution in [2.24, 2.45) is 5.84 Å². The highest BCUT2D eigenvalue weighted by molar-refractivity contribution is 6.34. The van der Waals surface area contributed by atoms with Crippen LogP contribution in [0.2, 0.25) is 10.0 Å². The molecule has 5 heteroatoms. The summed E-state index contributed by atoms with van der Waals surface area (Å²) in [5.74, 6) is 6.33. The van der Waals surface area contributed by atoms with Crippen molar-refractivity contribution < 1.29 is 4.42 Å². The van der Waals surface area contributed by atoms with Gasteiger partial charge in [-0.25, -0.2) is 5.43 Å². The zero-order valence-electron chi connectivity index (χ0n) is 10.4. The minimum atomic E-state index is -0.327. The number of benzene rings is 2. The maximum Gasteiger partial charge on any atom is 0.152 e. The van der Waals surface area contributed by atoms with Gasteiger partial charge in [-0.2, -0.15) is 0 Å². The molecule has 1 atom stereocenters. The maximum absolute atomic E-state index is 6.21. The van der Waals surface area contributed by atoms with Crippen LogP contribution in [0.4, 0.5) is 0 Å². The van der Waals surface area contributed by atoms with Gasteiger partial charge in [0, 0.05) is 10.4 Å². The van der Waals surface area contributed by atoms with Crippen molar-refractivity contribution in [3.05, 3.63) is 69.9 Å². The molecule has 0 fully saturated rings. The first-order chi connectivity index (χ1) is 9.70. The smallest absolute Gasteiger partial charge is 0.152 e. The van der Waals surface area contributed by atoms with E-state index in [1.54, 1.807) is 6.07 Å². The predicted octanol–water partition coefficient (Wildman–Crippen LogP) is 4.29. The van der Waals surface area contributed by atoms with E-state index >= 15 is 0 Å². The van der Waals surface area contributed by atoms with Crippen molar-refractivity contribution in [1.82, 2.24) is 5.43 Å². The average molecular weight is 307 g/mol. The van der Waals surface area contributed by atoms with Crippen LogP contribution in [0.15, 0.2) is 52.9 Å². The Labute approximate surface area is 126 Å². The number of halogens is 2. The minimum absolute atomic E-state index is 0.327. The monoisotopic (exact) mass is 306 g/mol. The summed E-state index contributed by atoms with van der Waals surface area (Å²) in [6.07, 6.45) is 0. The molecule has 20 heavy (non-hydrogen) atoms. The predicted molar refractivity (Wildman–Crippen MR) is 81.8 cm³/mol. The van der Waals surface area contributed by atoms with E-state index in [0.29, 0.717) is 21.4 Å². The molecule has 0 aliphatic heterocycles. The lowest BCUT2D eigenvalue weighted by molar-refractivity contribution is 0.477. The highest BCUT2D eigenvalue weighted by atomic mass is 35.5. The average Bonchev–Trinajstić information content (AvgIpc) is 2.87. The number of para-hydroxylation sites is 1. The lowest BCUT2D eigenvalue weighted by atomic mass is 10.0. The van der Waals surface area contributed by atoms with Crippen LogP contribution in [-0.2, 0) is 0 Å². The third kappa shape index (κ3) is 2.30. The molecule has 3 N–H and O–H groups in total. The maximum atomic E-state index is 6.21. The first kappa shape index (κ1) is 13.5. The topological polar surface area (TPSA) is 51.2 Å². The fraction of sp³-hybridized carbons (Fsp3) is 0.0667. The minimum Gasteiger partial charge on any atom is -0.457 e. The third-order valence-electron chi connectivity index (χ3n) is 3.18. The normalized spacial score (nSPS) is 12.8. The molecule has 0 saturated heterocycles. The number of hydrogen-bond acceptors (Lipinski definition) is 3. The first-order valence-corrected chi connectivity index (χ1v) is 6.85. The zero-order chi connectivity index (χ0) is 14.1. The molecule has 2 aromatic carbocycles. The molecule has 0 amide bonds. The Hall–Kier alpha value is -1.52. The number of fused-ring (bicyclic) bond motifs is 1. The van der Waals surface area contributed by atoms with Crippen LogP contribution >= 0.6 is 23.2 Å². The van der Waals surface area contributed by atoms with Crippen molar-refractivity contribution in [3.8, 4) is 0 Å². The number of rotatable bonds is 3. The van der Waals surface area contributed by atoms with Gasteiger partial charge in [0.2, 0.25) is 0 Å². The van der Waals surface area contributed by atoms with Gasteiger partial charge < -0.3 is 4.42 Å². The van der Waals surface area contributed by atoms with Crippen molar-refractivity contribution in [3.63, 3.8) is 0 Å². The fourth-order valence-electron chi connectivity index (χ4n) is 2.22. The van der Waals surface area contributed by atoms with Crippen LogP contribution in [0.3, 0.4) is 0 Å². The van der Waals surface area contributed by atoms with E-state index in [-0.39, 0.29) is 6.04 Å². The van der Waals surface area contributed by atoms with Crippen LogP contribution in [-0.4, -0.2) is 0 Å². The van der Waals surface area contributed by atoms with Crippen LogP contribution in [0.5, 0.6) is 0 Å². The van der Waals surface area contributed by atoms with Gasteiger partial charge in [0.15, 0.2) is 5.58 Å².